The molecule has 0 fully saturated rings. The fourth-order valence-corrected chi connectivity index (χ4v) is 2.94. The number of fused-ring (bicyclic) bond motifs is 1. The van der Waals surface area contributed by atoms with E-state index < -0.39 is 5.97 Å². The second-order valence-corrected chi connectivity index (χ2v) is 6.34. The molecule has 1 amide bonds. The Labute approximate surface area is 147 Å². The Hall–Kier alpha value is -2.93. The zero-order valence-corrected chi connectivity index (χ0v) is 14.1. The third kappa shape index (κ3) is 4.54. The average Bonchev–Trinajstić information content (AvgIpc) is 3.28. The zero-order chi connectivity index (χ0) is 17.6. The number of ether oxygens (including phenoxy) is 1. The van der Waals surface area contributed by atoms with Crippen LogP contribution >= 0.6 is 11.3 Å². The van der Waals surface area contributed by atoms with Crippen molar-refractivity contribution in [3.05, 3.63) is 52.9 Å². The van der Waals surface area contributed by atoms with Crippen LogP contribution in [0.25, 0.3) is 10.9 Å². The lowest BCUT2D eigenvalue weighted by Crippen LogP contribution is -2.17. The number of ketones is 1. The van der Waals surface area contributed by atoms with Crippen LogP contribution in [0.15, 0.2) is 48.0 Å². The first-order chi connectivity index (χ1) is 12.1. The van der Waals surface area contributed by atoms with Crippen LogP contribution in [0.2, 0.25) is 0 Å². The van der Waals surface area contributed by atoms with Crippen molar-refractivity contribution in [2.75, 3.05) is 11.9 Å². The number of esters is 1. The summed E-state index contributed by atoms with van der Waals surface area (Å²) >= 11 is 1.30. The van der Waals surface area contributed by atoms with Crippen LogP contribution in [-0.4, -0.2) is 29.3 Å². The average molecular weight is 356 g/mol. The molecule has 0 saturated carbocycles. The summed E-state index contributed by atoms with van der Waals surface area (Å²) in [6.07, 6.45) is 1.74. The van der Waals surface area contributed by atoms with Crippen molar-refractivity contribution in [3.63, 3.8) is 0 Å². The Morgan fingerprint density at radius 3 is 2.80 bits per heavy atom. The first-order valence-corrected chi connectivity index (χ1v) is 8.59. The fourth-order valence-electron chi connectivity index (χ4n) is 2.29. The van der Waals surface area contributed by atoms with Gasteiger partial charge in [0.25, 0.3) is 0 Å². The molecule has 7 heteroatoms. The van der Waals surface area contributed by atoms with Crippen LogP contribution in [0.1, 0.15) is 22.5 Å². The quantitative estimate of drug-likeness (QED) is 0.502. The molecule has 0 radical (unpaired) electrons. The summed E-state index contributed by atoms with van der Waals surface area (Å²) in [5, 5.41) is 5.57. The van der Waals surface area contributed by atoms with Crippen molar-refractivity contribution >= 4 is 45.6 Å². The Morgan fingerprint density at radius 1 is 1.12 bits per heavy atom. The van der Waals surface area contributed by atoms with Gasteiger partial charge in [-0.15, -0.1) is 11.3 Å². The largest absolute Gasteiger partial charge is 0.457 e. The highest BCUT2D eigenvalue weighted by Crippen LogP contribution is 2.18. The van der Waals surface area contributed by atoms with Crippen LogP contribution in [0.4, 0.5) is 5.69 Å². The molecule has 0 aliphatic carbocycles. The van der Waals surface area contributed by atoms with Crippen LogP contribution in [0.5, 0.6) is 0 Å². The van der Waals surface area contributed by atoms with Gasteiger partial charge in [-0.1, -0.05) is 12.1 Å². The van der Waals surface area contributed by atoms with Crippen molar-refractivity contribution < 1.29 is 19.1 Å². The molecule has 0 spiro atoms. The number of hydrogen-bond acceptors (Lipinski definition) is 5. The lowest BCUT2D eigenvalue weighted by molar-refractivity contribution is -0.143. The number of nitrogens with one attached hydrogen (secondary N) is 2. The van der Waals surface area contributed by atoms with Crippen molar-refractivity contribution in [3.8, 4) is 0 Å². The Balaban J connectivity index is 1.42. The normalized spacial score (nSPS) is 10.6. The van der Waals surface area contributed by atoms with Gasteiger partial charge >= 0.3 is 5.97 Å². The minimum Gasteiger partial charge on any atom is -0.457 e. The standard InChI is InChI=1S/C18H16N2O4S/c21-15(16-2-1-9-25-16)11-24-18(23)6-5-17(22)20-13-4-3-12-7-8-19-14(12)10-13/h1-4,7-10,19H,5-6,11H2,(H,20,22). The number of hydrogen-bond donors (Lipinski definition) is 2. The van der Waals surface area contributed by atoms with Crippen LogP contribution < -0.4 is 5.32 Å². The molecular formula is C18H16N2O4S. The number of carbonyl (C=O) groups excluding carboxylic acids is 3. The number of carbonyl (C=O) groups is 3. The van der Waals surface area contributed by atoms with Crippen LogP contribution in [-0.2, 0) is 14.3 Å². The van der Waals surface area contributed by atoms with Gasteiger partial charge in [0.2, 0.25) is 11.7 Å². The van der Waals surface area contributed by atoms with Gasteiger partial charge in [0.05, 0.1) is 11.3 Å². The second-order valence-electron chi connectivity index (χ2n) is 5.39. The first-order valence-electron chi connectivity index (χ1n) is 7.71. The minimum atomic E-state index is -0.570. The monoisotopic (exact) mass is 356 g/mol. The van der Waals surface area contributed by atoms with Gasteiger partial charge < -0.3 is 15.0 Å². The summed E-state index contributed by atoms with van der Waals surface area (Å²) in [5.41, 5.74) is 1.57. The van der Waals surface area contributed by atoms with Crippen molar-refractivity contribution in [1.29, 1.82) is 0 Å². The smallest absolute Gasteiger partial charge is 0.306 e. The van der Waals surface area contributed by atoms with Gasteiger partial charge in [-0.2, -0.15) is 0 Å². The van der Waals surface area contributed by atoms with E-state index in [1.165, 1.54) is 11.3 Å². The van der Waals surface area contributed by atoms with Crippen molar-refractivity contribution in [2.24, 2.45) is 0 Å². The molecule has 2 N–H and O–H groups in total. The Morgan fingerprint density at radius 2 is 2.00 bits per heavy atom. The van der Waals surface area contributed by atoms with Gasteiger partial charge in [0, 0.05) is 23.8 Å². The lowest BCUT2D eigenvalue weighted by atomic mass is 10.2. The molecule has 0 atom stereocenters. The van der Waals surface area contributed by atoms with E-state index in [4.69, 9.17) is 4.74 Å². The molecule has 0 aliphatic heterocycles. The molecule has 25 heavy (non-hydrogen) atoms. The highest BCUT2D eigenvalue weighted by molar-refractivity contribution is 7.12. The molecule has 6 nitrogen and oxygen atoms in total. The molecule has 0 aliphatic rings. The van der Waals surface area contributed by atoms with E-state index in [0.29, 0.717) is 10.6 Å². The molecule has 3 aromatic rings. The molecule has 2 aromatic heterocycles. The summed E-state index contributed by atoms with van der Waals surface area (Å²) < 4.78 is 4.91. The van der Waals surface area contributed by atoms with Gasteiger partial charge in [-0.05, 0) is 35.0 Å². The molecule has 2 heterocycles. The predicted molar refractivity (Wildman–Crippen MR) is 95.8 cm³/mol. The van der Waals surface area contributed by atoms with E-state index in [0.717, 1.165) is 10.9 Å². The second kappa shape index (κ2) is 7.76. The SMILES string of the molecule is O=C(CCC(=O)OCC(=O)c1cccs1)Nc1ccc2cc[nH]c2c1. The molecular weight excluding hydrogens is 340 g/mol. The van der Waals surface area contributed by atoms with Crippen molar-refractivity contribution in [1.82, 2.24) is 4.98 Å². The highest BCUT2D eigenvalue weighted by Gasteiger charge is 2.12. The van der Waals surface area contributed by atoms with Gasteiger partial charge in [-0.25, -0.2) is 0 Å². The molecule has 128 valence electrons. The van der Waals surface area contributed by atoms with E-state index in [1.807, 2.05) is 24.4 Å². The summed E-state index contributed by atoms with van der Waals surface area (Å²) in [4.78, 5) is 38.9. The Bertz CT molecular complexity index is 899. The maximum Gasteiger partial charge on any atom is 0.306 e. The lowest BCUT2D eigenvalue weighted by Gasteiger charge is -2.06. The highest BCUT2D eigenvalue weighted by atomic mass is 32.1. The summed E-state index contributed by atoms with van der Waals surface area (Å²) in [5.74, 6) is -1.10. The number of thiophene rings is 1. The van der Waals surface area contributed by atoms with E-state index >= 15 is 0 Å². The minimum absolute atomic E-state index is 0.00517. The number of amides is 1. The molecule has 0 unspecified atom stereocenters. The number of rotatable bonds is 7. The number of aromatic nitrogens is 1. The molecule has 3 rings (SSSR count). The third-order valence-corrected chi connectivity index (χ3v) is 4.47. The predicted octanol–water partition coefficient (Wildman–Crippen LogP) is 3.37. The first kappa shape index (κ1) is 16.9. The van der Waals surface area contributed by atoms with Crippen LogP contribution in [0.3, 0.4) is 0 Å². The fraction of sp³-hybridized carbons (Fsp3) is 0.167. The number of anilines is 1. The van der Waals surface area contributed by atoms with E-state index in [2.05, 4.69) is 10.3 Å². The number of H-pyrrole nitrogens is 1. The van der Waals surface area contributed by atoms with Crippen LogP contribution in [0, 0.1) is 0 Å². The summed E-state index contributed by atoms with van der Waals surface area (Å²) in [6.45, 7) is -0.301. The molecule has 0 bridgehead atoms. The maximum absolute atomic E-state index is 11.9. The van der Waals surface area contributed by atoms with Gasteiger partial charge in [0.1, 0.15) is 0 Å². The van der Waals surface area contributed by atoms with E-state index in [1.54, 1.807) is 23.6 Å². The number of Topliss-reactive ketones (excluding diaryl/α,β-unsaturated/α-hetero) is 1. The topological polar surface area (TPSA) is 88.3 Å². The van der Waals surface area contributed by atoms with Gasteiger partial charge in [-0.3, -0.25) is 14.4 Å². The zero-order valence-electron chi connectivity index (χ0n) is 13.3. The van der Waals surface area contributed by atoms with E-state index in [-0.39, 0.29) is 31.1 Å². The maximum atomic E-state index is 11.9. The summed E-state index contributed by atoms with van der Waals surface area (Å²) in [6, 6.07) is 10.9. The van der Waals surface area contributed by atoms with Crippen molar-refractivity contribution in [2.45, 2.75) is 12.8 Å². The number of benzene rings is 1. The Kier molecular flexibility index (Phi) is 5.25. The summed E-state index contributed by atoms with van der Waals surface area (Å²) in [7, 11) is 0. The molecule has 0 saturated heterocycles. The number of aromatic amines is 1. The van der Waals surface area contributed by atoms with Gasteiger partial charge in [0.15, 0.2) is 6.61 Å². The third-order valence-electron chi connectivity index (χ3n) is 3.56. The molecule has 1 aromatic carbocycles. The van der Waals surface area contributed by atoms with E-state index in [9.17, 15) is 14.4 Å².